The molecule has 2 N–H and O–H groups in total. The first-order valence-corrected chi connectivity index (χ1v) is 11.1. The molecule has 0 unspecified atom stereocenters. The number of rotatable bonds is 5. The monoisotopic (exact) mass is 432 g/mol. The lowest BCUT2D eigenvalue weighted by molar-refractivity contribution is -0.116. The zero-order valence-corrected chi connectivity index (χ0v) is 18.2. The molecule has 7 heteroatoms. The smallest absolute Gasteiger partial charge is 0.224 e. The fraction of sp³-hybridized carbons (Fsp3) is 0.360. The number of carbonyl (C=O) groups excluding carboxylic acids is 1. The maximum absolute atomic E-state index is 11.7. The summed E-state index contributed by atoms with van der Waals surface area (Å²) in [7, 11) is 0. The predicted octanol–water partition coefficient (Wildman–Crippen LogP) is 3.08. The number of nitrogens with zero attached hydrogens (tertiary/aromatic N) is 3. The number of carbonyl (C=O) groups is 1. The van der Waals surface area contributed by atoms with Crippen LogP contribution in [0.5, 0.6) is 5.75 Å². The molecular weight excluding hydrogens is 404 g/mol. The van der Waals surface area contributed by atoms with E-state index in [-0.39, 0.29) is 12.0 Å². The maximum Gasteiger partial charge on any atom is 0.224 e. The van der Waals surface area contributed by atoms with E-state index >= 15 is 0 Å². The summed E-state index contributed by atoms with van der Waals surface area (Å²) in [6.45, 7) is 4.18. The van der Waals surface area contributed by atoms with Crippen LogP contribution in [0, 0.1) is 6.92 Å². The Morgan fingerprint density at radius 3 is 2.84 bits per heavy atom. The molecule has 0 aliphatic carbocycles. The van der Waals surface area contributed by atoms with Crippen LogP contribution < -0.4 is 10.1 Å². The summed E-state index contributed by atoms with van der Waals surface area (Å²) < 4.78 is 7.98. The Balaban J connectivity index is 1.18. The third kappa shape index (κ3) is 4.54. The van der Waals surface area contributed by atoms with Gasteiger partial charge in [0.1, 0.15) is 18.0 Å². The highest BCUT2D eigenvalue weighted by molar-refractivity contribution is 5.94. The zero-order valence-electron chi connectivity index (χ0n) is 18.2. The van der Waals surface area contributed by atoms with Gasteiger partial charge in [-0.1, -0.05) is 23.8 Å². The summed E-state index contributed by atoms with van der Waals surface area (Å²) >= 11 is 0. The van der Waals surface area contributed by atoms with Gasteiger partial charge in [-0.3, -0.25) is 9.69 Å². The number of piperidine rings is 1. The molecule has 5 rings (SSSR count). The van der Waals surface area contributed by atoms with Crippen LogP contribution in [-0.4, -0.2) is 51.0 Å². The third-order valence-electron chi connectivity index (χ3n) is 6.21. The van der Waals surface area contributed by atoms with Crippen LogP contribution in [0.15, 0.2) is 54.9 Å². The number of likely N-dealkylation sites (tertiary alicyclic amines) is 1. The average Bonchev–Trinajstić information content (AvgIpc) is 3.24. The molecule has 2 aliphatic heterocycles. The van der Waals surface area contributed by atoms with E-state index < -0.39 is 6.10 Å². The van der Waals surface area contributed by atoms with Crippen molar-refractivity contribution in [2.75, 3.05) is 18.4 Å². The number of amides is 1. The van der Waals surface area contributed by atoms with Gasteiger partial charge in [0, 0.05) is 49.6 Å². The molecule has 1 aromatic heterocycles. The number of hydrogen-bond acceptors (Lipinski definition) is 5. The van der Waals surface area contributed by atoms with Gasteiger partial charge in [0.15, 0.2) is 0 Å². The fourth-order valence-electron chi connectivity index (χ4n) is 4.39. The zero-order chi connectivity index (χ0) is 22.1. The van der Waals surface area contributed by atoms with Crippen molar-refractivity contribution in [3.8, 4) is 11.4 Å². The molecule has 32 heavy (non-hydrogen) atoms. The summed E-state index contributed by atoms with van der Waals surface area (Å²) in [5, 5.41) is 18.1. The number of aromatic nitrogens is 2. The number of β-amino-alcohol motifs (C(OH)–C–C–N with tert-alkyl or cyclic N) is 1. The van der Waals surface area contributed by atoms with E-state index in [0.29, 0.717) is 18.7 Å². The lowest BCUT2D eigenvalue weighted by Gasteiger charge is -2.35. The van der Waals surface area contributed by atoms with Crippen molar-refractivity contribution in [1.82, 2.24) is 14.7 Å². The minimum Gasteiger partial charge on any atom is -0.488 e. The summed E-state index contributed by atoms with van der Waals surface area (Å²) in [6, 6.07) is 14.1. The molecule has 3 heterocycles. The first-order chi connectivity index (χ1) is 15.5. The van der Waals surface area contributed by atoms with Crippen LogP contribution in [0.1, 0.15) is 29.5 Å². The molecule has 166 valence electrons. The average molecular weight is 433 g/mol. The molecular formula is C25H28N4O3. The van der Waals surface area contributed by atoms with Gasteiger partial charge in [-0.05, 0) is 43.5 Å². The fourth-order valence-corrected chi connectivity index (χ4v) is 4.39. The van der Waals surface area contributed by atoms with Crippen molar-refractivity contribution < 1.29 is 14.6 Å². The van der Waals surface area contributed by atoms with Gasteiger partial charge in [-0.2, -0.15) is 5.10 Å². The number of nitrogens with one attached hydrogen (secondary N) is 1. The minimum absolute atomic E-state index is 0.0358. The number of anilines is 1. The highest BCUT2D eigenvalue weighted by Crippen LogP contribution is 2.29. The second-order valence-electron chi connectivity index (χ2n) is 8.74. The Bertz CT molecular complexity index is 1110. The summed E-state index contributed by atoms with van der Waals surface area (Å²) in [4.78, 5) is 13.9. The van der Waals surface area contributed by atoms with Crippen molar-refractivity contribution in [3.63, 3.8) is 0 Å². The van der Waals surface area contributed by atoms with Crippen molar-refractivity contribution in [3.05, 3.63) is 71.5 Å². The van der Waals surface area contributed by atoms with Crippen molar-refractivity contribution >= 4 is 11.6 Å². The van der Waals surface area contributed by atoms with Gasteiger partial charge in [-0.15, -0.1) is 0 Å². The number of fused-ring (bicyclic) bond motifs is 1. The Morgan fingerprint density at radius 1 is 1.19 bits per heavy atom. The number of benzene rings is 2. The van der Waals surface area contributed by atoms with Crippen LogP contribution in [0.4, 0.5) is 5.69 Å². The summed E-state index contributed by atoms with van der Waals surface area (Å²) in [5.41, 5.74) is 5.31. The molecule has 1 saturated heterocycles. The number of ether oxygens (including phenoxy) is 1. The number of hydrogen-bond donors (Lipinski definition) is 2. The van der Waals surface area contributed by atoms with Gasteiger partial charge >= 0.3 is 0 Å². The van der Waals surface area contributed by atoms with E-state index in [4.69, 9.17) is 4.74 Å². The topological polar surface area (TPSA) is 79.6 Å². The number of aryl methyl sites for hydroxylation is 2. The number of aliphatic hydroxyl groups is 1. The Morgan fingerprint density at radius 2 is 2.03 bits per heavy atom. The SMILES string of the molecule is Cc1ccc(-n2cc(CN3CC[C@@H](Oc4ccc5c(c4)NC(=O)CC5)[C@H](O)C3)cn2)cc1. The normalized spacial score (nSPS) is 21.1. The standard InChI is InChI=1S/C25H28N4O3/c1-17-2-6-20(7-3-17)29-15-18(13-26-29)14-28-11-10-24(23(30)16-28)32-21-8-4-19-5-9-25(31)27-22(19)12-21/h2-4,6-8,12-13,15,23-24,30H,5,9-11,14,16H2,1H3,(H,27,31)/t23-,24-/m1/s1. The van der Waals surface area contributed by atoms with E-state index in [0.717, 1.165) is 48.4 Å². The first-order valence-electron chi connectivity index (χ1n) is 11.1. The predicted molar refractivity (Wildman–Crippen MR) is 122 cm³/mol. The third-order valence-corrected chi connectivity index (χ3v) is 6.21. The second-order valence-corrected chi connectivity index (χ2v) is 8.74. The first kappa shape index (κ1) is 20.7. The van der Waals surface area contributed by atoms with Gasteiger partial charge in [0.25, 0.3) is 0 Å². The molecule has 7 nitrogen and oxygen atoms in total. The quantitative estimate of drug-likeness (QED) is 0.648. The highest BCUT2D eigenvalue weighted by Gasteiger charge is 2.30. The molecule has 0 radical (unpaired) electrons. The lowest BCUT2D eigenvalue weighted by atomic mass is 10.0. The molecule has 1 amide bonds. The Labute approximate surface area is 187 Å². The van der Waals surface area contributed by atoms with Gasteiger partial charge < -0.3 is 15.2 Å². The maximum atomic E-state index is 11.7. The van der Waals surface area contributed by atoms with E-state index in [2.05, 4.69) is 46.5 Å². The van der Waals surface area contributed by atoms with Crippen molar-refractivity contribution in [2.45, 2.75) is 44.9 Å². The summed E-state index contributed by atoms with van der Waals surface area (Å²) in [6.07, 6.45) is 5.09. The molecule has 2 atom stereocenters. The molecule has 1 fully saturated rings. The molecule has 0 saturated carbocycles. The summed E-state index contributed by atoms with van der Waals surface area (Å²) in [5.74, 6) is 0.719. The Hall–Kier alpha value is -3.16. The largest absolute Gasteiger partial charge is 0.488 e. The van der Waals surface area contributed by atoms with Gasteiger partial charge in [0.2, 0.25) is 5.91 Å². The Kier molecular flexibility index (Phi) is 5.68. The van der Waals surface area contributed by atoms with E-state index in [1.165, 1.54) is 5.56 Å². The van der Waals surface area contributed by atoms with Crippen LogP contribution >= 0.6 is 0 Å². The molecule has 3 aromatic rings. The lowest BCUT2D eigenvalue weighted by Crippen LogP contribution is -2.48. The number of aliphatic hydroxyl groups excluding tert-OH is 1. The van der Waals surface area contributed by atoms with E-state index in [9.17, 15) is 9.90 Å². The van der Waals surface area contributed by atoms with Crippen molar-refractivity contribution in [2.24, 2.45) is 0 Å². The minimum atomic E-state index is -0.582. The molecule has 0 spiro atoms. The van der Waals surface area contributed by atoms with Gasteiger partial charge in [0.05, 0.1) is 11.9 Å². The van der Waals surface area contributed by atoms with Crippen LogP contribution in [-0.2, 0) is 17.8 Å². The van der Waals surface area contributed by atoms with Crippen LogP contribution in [0.25, 0.3) is 5.69 Å². The molecule has 0 bridgehead atoms. The van der Waals surface area contributed by atoms with E-state index in [1.807, 2.05) is 35.3 Å². The second kappa shape index (κ2) is 8.76. The molecule has 2 aliphatic rings. The van der Waals surface area contributed by atoms with Gasteiger partial charge in [-0.25, -0.2) is 4.68 Å². The van der Waals surface area contributed by atoms with Crippen molar-refractivity contribution in [1.29, 1.82) is 0 Å². The van der Waals surface area contributed by atoms with E-state index in [1.54, 1.807) is 0 Å². The van der Waals surface area contributed by atoms with Crippen LogP contribution in [0.3, 0.4) is 0 Å². The van der Waals surface area contributed by atoms with Crippen LogP contribution in [0.2, 0.25) is 0 Å². The highest BCUT2D eigenvalue weighted by atomic mass is 16.5. The molecule has 2 aromatic carbocycles.